The number of rotatable bonds is 6. The number of hydrogen-bond donors (Lipinski definition) is 2. The molecule has 116 valence electrons. The van der Waals surface area contributed by atoms with Crippen LogP contribution >= 0.6 is 0 Å². The van der Waals surface area contributed by atoms with Crippen LogP contribution in [0.15, 0.2) is 23.5 Å². The van der Waals surface area contributed by atoms with Crippen molar-refractivity contribution in [1.29, 1.82) is 0 Å². The van der Waals surface area contributed by atoms with Crippen LogP contribution in [-0.2, 0) is 6.54 Å². The lowest BCUT2D eigenvalue weighted by Crippen LogP contribution is -2.38. The van der Waals surface area contributed by atoms with Crippen LogP contribution in [-0.4, -0.2) is 58.6 Å². The molecule has 1 aliphatic rings. The maximum atomic E-state index is 8.85. The van der Waals surface area contributed by atoms with Gasteiger partial charge >= 0.3 is 0 Å². The Morgan fingerprint density at radius 3 is 3.14 bits per heavy atom. The molecule has 1 fully saturated rings. The van der Waals surface area contributed by atoms with E-state index in [1.807, 2.05) is 12.1 Å². The van der Waals surface area contributed by atoms with Crippen LogP contribution in [0, 0.1) is 0 Å². The van der Waals surface area contributed by atoms with Crippen LogP contribution in [0.5, 0.6) is 0 Å². The van der Waals surface area contributed by atoms with Gasteiger partial charge in [0.15, 0.2) is 5.84 Å². The van der Waals surface area contributed by atoms with Crippen molar-refractivity contribution in [3.63, 3.8) is 0 Å². The number of oxime groups is 1. The van der Waals surface area contributed by atoms with E-state index in [0.717, 1.165) is 25.2 Å². The van der Waals surface area contributed by atoms with Gasteiger partial charge in [0.05, 0.1) is 0 Å². The molecular weight excluding hydrogens is 266 g/mol. The van der Waals surface area contributed by atoms with E-state index in [1.165, 1.54) is 19.4 Å². The van der Waals surface area contributed by atoms with E-state index in [-0.39, 0.29) is 5.84 Å². The average Bonchev–Trinajstić information content (AvgIpc) is 2.94. The molecule has 1 aromatic heterocycles. The van der Waals surface area contributed by atoms with Crippen LogP contribution in [0.4, 0.5) is 0 Å². The van der Waals surface area contributed by atoms with Gasteiger partial charge in [-0.05, 0) is 44.6 Å². The molecule has 0 amide bonds. The molecule has 2 rings (SSSR count). The molecule has 1 atom stereocenters. The van der Waals surface area contributed by atoms with E-state index in [4.69, 9.17) is 10.9 Å². The second-order valence-corrected chi connectivity index (χ2v) is 5.62. The Morgan fingerprint density at radius 2 is 2.43 bits per heavy atom. The van der Waals surface area contributed by atoms with Crippen LogP contribution in [0.1, 0.15) is 31.0 Å². The Kier molecular flexibility index (Phi) is 5.52. The van der Waals surface area contributed by atoms with Gasteiger partial charge in [-0.3, -0.25) is 9.88 Å². The summed E-state index contributed by atoms with van der Waals surface area (Å²) in [5.74, 6) is 0.0649. The van der Waals surface area contributed by atoms with Crippen LogP contribution in [0.3, 0.4) is 0 Å². The quantitative estimate of drug-likeness (QED) is 0.355. The summed E-state index contributed by atoms with van der Waals surface area (Å²) >= 11 is 0. The summed E-state index contributed by atoms with van der Waals surface area (Å²) in [4.78, 5) is 9.03. The van der Waals surface area contributed by atoms with Gasteiger partial charge in [0.1, 0.15) is 5.69 Å². The zero-order chi connectivity index (χ0) is 15.2. The third-order valence-corrected chi connectivity index (χ3v) is 4.11. The largest absolute Gasteiger partial charge is 0.409 e. The number of hydrogen-bond acceptors (Lipinski definition) is 5. The third-order valence-electron chi connectivity index (χ3n) is 4.11. The highest BCUT2D eigenvalue weighted by Gasteiger charge is 2.24. The maximum Gasteiger partial charge on any atom is 0.189 e. The van der Waals surface area contributed by atoms with Gasteiger partial charge in [0.2, 0.25) is 0 Å². The van der Waals surface area contributed by atoms with Gasteiger partial charge in [0, 0.05) is 25.3 Å². The van der Waals surface area contributed by atoms with Crippen molar-refractivity contribution in [3.8, 4) is 0 Å². The van der Waals surface area contributed by atoms with Crippen LogP contribution in [0.25, 0.3) is 0 Å². The highest BCUT2D eigenvalue weighted by Crippen LogP contribution is 2.18. The first-order chi connectivity index (χ1) is 10.2. The van der Waals surface area contributed by atoms with Gasteiger partial charge in [-0.1, -0.05) is 18.1 Å². The van der Waals surface area contributed by atoms with Crippen molar-refractivity contribution in [2.75, 3.05) is 26.7 Å². The molecule has 3 N–H and O–H groups in total. The standard InChI is InChI=1S/C15H25N5O/c1-3-20-9-5-7-13(20)11-19(2)10-12-6-4-8-17-14(12)15(16)18-21/h4,6,8,13,21H,3,5,7,9-11H2,1-2H3,(H2,16,18). The fraction of sp³-hybridized carbons (Fsp3) is 0.600. The summed E-state index contributed by atoms with van der Waals surface area (Å²) < 4.78 is 0. The Labute approximate surface area is 126 Å². The summed E-state index contributed by atoms with van der Waals surface area (Å²) in [6.45, 7) is 6.31. The molecule has 1 aromatic rings. The molecular formula is C15H25N5O. The Balaban J connectivity index is 2.01. The van der Waals surface area contributed by atoms with Gasteiger partial charge in [0.25, 0.3) is 0 Å². The lowest BCUT2D eigenvalue weighted by atomic mass is 10.1. The smallest absolute Gasteiger partial charge is 0.189 e. The van der Waals surface area contributed by atoms with Gasteiger partial charge in [-0.2, -0.15) is 0 Å². The van der Waals surface area contributed by atoms with Crippen molar-refractivity contribution in [2.24, 2.45) is 10.9 Å². The normalized spacial score (nSPS) is 20.3. The summed E-state index contributed by atoms with van der Waals surface area (Å²) in [5.41, 5.74) is 7.23. The third kappa shape index (κ3) is 3.92. The predicted octanol–water partition coefficient (Wildman–Crippen LogP) is 1.09. The molecule has 0 radical (unpaired) electrons. The zero-order valence-electron chi connectivity index (χ0n) is 12.9. The minimum absolute atomic E-state index is 0.0649. The number of nitrogens with zero attached hydrogens (tertiary/aromatic N) is 4. The number of likely N-dealkylation sites (N-methyl/N-ethyl adjacent to an activating group) is 2. The summed E-state index contributed by atoms with van der Waals surface area (Å²) in [5, 5.41) is 11.9. The zero-order valence-corrected chi connectivity index (χ0v) is 12.9. The van der Waals surface area contributed by atoms with E-state index in [1.54, 1.807) is 6.20 Å². The molecule has 21 heavy (non-hydrogen) atoms. The predicted molar refractivity (Wildman–Crippen MR) is 83.4 cm³/mol. The first-order valence-corrected chi connectivity index (χ1v) is 7.50. The number of likely N-dealkylation sites (tertiary alicyclic amines) is 1. The monoisotopic (exact) mass is 291 g/mol. The maximum absolute atomic E-state index is 8.85. The molecule has 6 heteroatoms. The van der Waals surface area contributed by atoms with Crippen molar-refractivity contribution in [3.05, 3.63) is 29.6 Å². The van der Waals surface area contributed by atoms with E-state index in [0.29, 0.717) is 11.7 Å². The average molecular weight is 291 g/mol. The highest BCUT2D eigenvalue weighted by molar-refractivity contribution is 5.96. The first kappa shape index (κ1) is 15.7. The fourth-order valence-electron chi connectivity index (χ4n) is 3.08. The number of pyridine rings is 1. The minimum atomic E-state index is 0.0649. The molecule has 1 unspecified atom stereocenters. The van der Waals surface area contributed by atoms with Gasteiger partial charge in [-0.25, -0.2) is 0 Å². The van der Waals surface area contributed by atoms with E-state index >= 15 is 0 Å². The highest BCUT2D eigenvalue weighted by atomic mass is 16.4. The molecule has 0 aromatic carbocycles. The van der Waals surface area contributed by atoms with E-state index in [9.17, 15) is 0 Å². The molecule has 0 aliphatic carbocycles. The van der Waals surface area contributed by atoms with Crippen LogP contribution in [0.2, 0.25) is 0 Å². The minimum Gasteiger partial charge on any atom is -0.409 e. The SMILES string of the molecule is CCN1CCCC1CN(C)Cc1cccnc1C(N)=NO. The van der Waals surface area contributed by atoms with Crippen molar-refractivity contribution >= 4 is 5.84 Å². The molecule has 0 spiro atoms. The summed E-state index contributed by atoms with van der Waals surface area (Å²) in [6, 6.07) is 4.48. The first-order valence-electron chi connectivity index (χ1n) is 7.50. The topological polar surface area (TPSA) is 78.0 Å². The second kappa shape index (κ2) is 7.38. The van der Waals surface area contributed by atoms with Crippen molar-refractivity contribution in [2.45, 2.75) is 32.4 Å². The molecule has 1 saturated heterocycles. The molecule has 2 heterocycles. The molecule has 1 aliphatic heterocycles. The molecule has 0 saturated carbocycles. The molecule has 0 bridgehead atoms. The molecule has 6 nitrogen and oxygen atoms in total. The summed E-state index contributed by atoms with van der Waals surface area (Å²) in [6.07, 6.45) is 4.21. The van der Waals surface area contributed by atoms with Crippen molar-refractivity contribution < 1.29 is 5.21 Å². The second-order valence-electron chi connectivity index (χ2n) is 5.62. The Morgan fingerprint density at radius 1 is 1.62 bits per heavy atom. The van der Waals surface area contributed by atoms with Gasteiger partial charge in [-0.15, -0.1) is 0 Å². The Hall–Kier alpha value is -1.66. The Bertz CT molecular complexity index is 491. The van der Waals surface area contributed by atoms with E-state index < -0.39 is 0 Å². The van der Waals surface area contributed by atoms with Crippen molar-refractivity contribution in [1.82, 2.24) is 14.8 Å². The van der Waals surface area contributed by atoms with E-state index in [2.05, 4.69) is 33.9 Å². The number of amidine groups is 1. The number of nitrogens with two attached hydrogens (primary N) is 1. The fourth-order valence-corrected chi connectivity index (χ4v) is 3.08. The number of aromatic nitrogens is 1. The van der Waals surface area contributed by atoms with Gasteiger partial charge < -0.3 is 15.8 Å². The lowest BCUT2D eigenvalue weighted by molar-refractivity contribution is 0.194. The summed E-state index contributed by atoms with van der Waals surface area (Å²) in [7, 11) is 2.11. The lowest BCUT2D eigenvalue weighted by Gasteiger charge is -2.28. The van der Waals surface area contributed by atoms with Crippen LogP contribution < -0.4 is 5.73 Å².